The van der Waals surface area contributed by atoms with Gasteiger partial charge in [-0.05, 0) is 54.4 Å². The van der Waals surface area contributed by atoms with Crippen molar-refractivity contribution < 1.29 is 49.1 Å². The van der Waals surface area contributed by atoms with Crippen LogP contribution in [0.4, 0.5) is 9.59 Å². The predicted octanol–water partition coefficient (Wildman–Crippen LogP) is 0.883. The Labute approximate surface area is 186 Å². The van der Waals surface area contributed by atoms with Crippen LogP contribution >= 0.6 is 0 Å². The van der Waals surface area contributed by atoms with E-state index in [4.69, 9.17) is 19.7 Å². The number of hydrogen-bond donors (Lipinski definition) is 4. The van der Waals surface area contributed by atoms with E-state index in [1.54, 1.807) is 41.5 Å². The summed E-state index contributed by atoms with van der Waals surface area (Å²) in [7, 11) is 0. The first-order valence-electron chi connectivity index (χ1n) is 10.3. The maximum absolute atomic E-state index is 11.7. The van der Waals surface area contributed by atoms with Crippen molar-refractivity contribution in [3.63, 3.8) is 0 Å². The summed E-state index contributed by atoms with van der Waals surface area (Å²) >= 11 is 0. The third-order valence-electron chi connectivity index (χ3n) is 4.49. The predicted molar refractivity (Wildman–Crippen MR) is 110 cm³/mol. The molecule has 0 aromatic rings. The zero-order valence-corrected chi connectivity index (χ0v) is 19.3. The van der Waals surface area contributed by atoms with Crippen LogP contribution in [0.2, 0.25) is 0 Å². The molecule has 2 aliphatic rings. The molecule has 0 spiro atoms. The molecule has 32 heavy (non-hydrogen) atoms. The number of carbonyl (C=O) groups excluding carboxylic acids is 2. The number of nitrogens with zero attached hydrogens (tertiary/aromatic N) is 2. The smallest absolute Gasteiger partial charge is 0.411 e. The average molecular weight is 462 g/mol. The van der Waals surface area contributed by atoms with E-state index in [1.165, 1.54) is 0 Å². The molecule has 2 amide bonds. The van der Waals surface area contributed by atoms with Crippen molar-refractivity contribution in [2.75, 3.05) is 13.1 Å². The molecule has 0 radical (unpaired) electrons. The highest BCUT2D eigenvalue weighted by atomic mass is 16.6. The van der Waals surface area contributed by atoms with E-state index in [0.717, 1.165) is 9.80 Å². The van der Waals surface area contributed by atoms with Gasteiger partial charge in [-0.15, -0.1) is 0 Å². The molecular weight excluding hydrogens is 428 g/mol. The fourth-order valence-corrected chi connectivity index (χ4v) is 3.20. The summed E-state index contributed by atoms with van der Waals surface area (Å²) in [4.78, 5) is 47.2. The molecule has 12 nitrogen and oxygen atoms in total. The van der Waals surface area contributed by atoms with Gasteiger partial charge in [0.2, 0.25) is 0 Å². The lowest BCUT2D eigenvalue weighted by molar-refractivity contribution is -0.145. The minimum Gasteiger partial charge on any atom is -0.480 e. The second-order valence-corrected chi connectivity index (χ2v) is 9.63. The Kier molecular flexibility index (Phi) is 8.87. The van der Waals surface area contributed by atoms with Crippen LogP contribution in [0.3, 0.4) is 0 Å². The summed E-state index contributed by atoms with van der Waals surface area (Å²) in [6, 6.07) is -2.40. The van der Waals surface area contributed by atoms with E-state index in [2.05, 4.69) is 0 Å². The lowest BCUT2D eigenvalue weighted by Gasteiger charge is -2.27. The van der Waals surface area contributed by atoms with Crippen molar-refractivity contribution in [3.05, 3.63) is 0 Å². The number of hydrogen-bond acceptors (Lipinski definition) is 8. The summed E-state index contributed by atoms with van der Waals surface area (Å²) in [6.45, 7) is 10.6. The number of aliphatic hydroxyl groups is 2. The topological polar surface area (TPSA) is 174 Å². The molecule has 2 rings (SSSR count). The van der Waals surface area contributed by atoms with Crippen LogP contribution in [-0.4, -0.2) is 103 Å². The normalized spacial score (nSPS) is 25.6. The molecule has 0 saturated carbocycles. The zero-order valence-electron chi connectivity index (χ0n) is 19.3. The van der Waals surface area contributed by atoms with Crippen molar-refractivity contribution >= 4 is 24.1 Å². The highest BCUT2D eigenvalue weighted by Crippen LogP contribution is 2.22. The number of carboxylic acids is 2. The second-order valence-electron chi connectivity index (χ2n) is 9.63. The number of carbonyl (C=O) groups is 4. The minimum atomic E-state index is -1.21. The molecule has 2 aliphatic heterocycles. The van der Waals surface area contributed by atoms with E-state index in [-0.39, 0.29) is 25.9 Å². The number of amides is 2. The fourth-order valence-electron chi connectivity index (χ4n) is 3.20. The van der Waals surface area contributed by atoms with Gasteiger partial charge in [-0.1, -0.05) is 0 Å². The first kappa shape index (κ1) is 27.4. The highest BCUT2D eigenvalue weighted by Gasteiger charge is 2.43. The molecule has 2 saturated heterocycles. The summed E-state index contributed by atoms with van der Waals surface area (Å²) in [5.41, 5.74) is -1.35. The Hall–Kier alpha value is -2.60. The number of aliphatic hydroxyl groups excluding tert-OH is 2. The van der Waals surface area contributed by atoms with Crippen LogP contribution < -0.4 is 0 Å². The standard InChI is InChI=1S/2C10H17NO5/c2*1-10(2,3)16-9(15)11-5-4-6(12)7(11)8(13)14/h2*6-7,12H,4-5H2,1-3H3,(H,13,14)/t2*6-,7-/m10/s1. The van der Waals surface area contributed by atoms with Crippen LogP contribution in [0.5, 0.6) is 0 Å². The molecule has 2 fully saturated rings. The molecule has 2 heterocycles. The molecule has 0 aromatic heterocycles. The van der Waals surface area contributed by atoms with Crippen molar-refractivity contribution in [2.24, 2.45) is 0 Å². The van der Waals surface area contributed by atoms with Crippen molar-refractivity contribution in [1.29, 1.82) is 0 Å². The Bertz CT molecular complexity index is 652. The lowest BCUT2D eigenvalue weighted by Crippen LogP contribution is -2.46. The molecule has 4 N–H and O–H groups in total. The van der Waals surface area contributed by atoms with E-state index < -0.39 is 59.6 Å². The molecule has 0 bridgehead atoms. The number of ether oxygens (including phenoxy) is 2. The van der Waals surface area contributed by atoms with Gasteiger partial charge in [0.25, 0.3) is 0 Å². The third-order valence-corrected chi connectivity index (χ3v) is 4.49. The molecule has 12 heteroatoms. The Morgan fingerprint density at radius 1 is 0.688 bits per heavy atom. The zero-order chi connectivity index (χ0) is 25.0. The Morgan fingerprint density at radius 2 is 0.969 bits per heavy atom. The lowest BCUT2D eigenvalue weighted by atomic mass is 10.2. The minimum absolute atomic E-state index is 0.201. The largest absolute Gasteiger partial charge is 0.480 e. The van der Waals surface area contributed by atoms with Gasteiger partial charge in [-0.3, -0.25) is 9.80 Å². The SMILES string of the molecule is CC(C)(C)OC(=O)N1CC[C@@H](O)[C@@H]1C(=O)O.CC(C)(C)OC(=O)N1CC[C@H](O)[C@H]1C(=O)O. The van der Waals surface area contributed by atoms with E-state index >= 15 is 0 Å². The van der Waals surface area contributed by atoms with E-state index in [9.17, 15) is 29.4 Å². The number of aliphatic carboxylic acids is 2. The van der Waals surface area contributed by atoms with Crippen molar-refractivity contribution in [3.8, 4) is 0 Å². The Balaban J connectivity index is 0.000000320. The summed E-state index contributed by atoms with van der Waals surface area (Å²) in [6.07, 6.45) is -2.92. The molecule has 0 unspecified atom stereocenters. The molecular formula is C20H34N2O10. The first-order chi connectivity index (χ1) is 14.4. The summed E-state index contributed by atoms with van der Waals surface area (Å²) < 4.78 is 10.1. The van der Waals surface area contributed by atoms with E-state index in [0.29, 0.717) is 0 Å². The van der Waals surface area contributed by atoms with Crippen LogP contribution in [0.1, 0.15) is 54.4 Å². The third kappa shape index (κ3) is 7.83. The number of carboxylic acid groups (broad SMARTS) is 2. The van der Waals surface area contributed by atoms with Gasteiger partial charge in [0, 0.05) is 13.1 Å². The molecule has 0 aromatic carbocycles. The average Bonchev–Trinajstić information content (AvgIpc) is 3.15. The van der Waals surface area contributed by atoms with Crippen molar-refractivity contribution in [1.82, 2.24) is 9.80 Å². The second kappa shape index (κ2) is 10.3. The molecule has 0 aliphatic carbocycles. The number of likely N-dealkylation sites (tertiary alicyclic amines) is 2. The van der Waals surface area contributed by atoms with Gasteiger partial charge in [-0.2, -0.15) is 0 Å². The van der Waals surface area contributed by atoms with E-state index in [1.807, 2.05) is 0 Å². The van der Waals surface area contributed by atoms with Gasteiger partial charge < -0.3 is 29.9 Å². The van der Waals surface area contributed by atoms with Gasteiger partial charge in [0.05, 0.1) is 12.2 Å². The molecule has 4 atom stereocenters. The van der Waals surface area contributed by atoms with Gasteiger partial charge >= 0.3 is 24.1 Å². The van der Waals surface area contributed by atoms with Crippen LogP contribution in [0, 0.1) is 0 Å². The highest BCUT2D eigenvalue weighted by molar-refractivity contribution is 5.82. The first-order valence-corrected chi connectivity index (χ1v) is 10.3. The van der Waals surface area contributed by atoms with Gasteiger partial charge in [-0.25, -0.2) is 19.2 Å². The molecule has 184 valence electrons. The van der Waals surface area contributed by atoms with Crippen LogP contribution in [0.15, 0.2) is 0 Å². The summed E-state index contributed by atoms with van der Waals surface area (Å²) in [5, 5.41) is 36.7. The van der Waals surface area contributed by atoms with Gasteiger partial charge in [0.1, 0.15) is 11.2 Å². The maximum atomic E-state index is 11.7. The van der Waals surface area contributed by atoms with Crippen LogP contribution in [-0.2, 0) is 19.1 Å². The van der Waals surface area contributed by atoms with Gasteiger partial charge in [0.15, 0.2) is 12.1 Å². The van der Waals surface area contributed by atoms with Crippen molar-refractivity contribution in [2.45, 2.75) is 89.9 Å². The quantitative estimate of drug-likeness (QED) is 0.461. The number of rotatable bonds is 2. The summed E-state index contributed by atoms with van der Waals surface area (Å²) in [5.74, 6) is -2.42. The van der Waals surface area contributed by atoms with Crippen LogP contribution in [0.25, 0.3) is 0 Å². The Morgan fingerprint density at radius 3 is 1.19 bits per heavy atom. The maximum Gasteiger partial charge on any atom is 0.411 e. The fraction of sp³-hybridized carbons (Fsp3) is 0.800. The monoisotopic (exact) mass is 462 g/mol.